The summed E-state index contributed by atoms with van der Waals surface area (Å²) in [7, 11) is 0. The Morgan fingerprint density at radius 3 is 2.63 bits per heavy atom. The fourth-order valence-corrected chi connectivity index (χ4v) is 5.85. The van der Waals surface area contributed by atoms with E-state index in [-0.39, 0.29) is 35.7 Å². The van der Waals surface area contributed by atoms with Crippen LogP contribution in [-0.4, -0.2) is 35.6 Å². The maximum Gasteiger partial charge on any atom is 0.324 e. The van der Waals surface area contributed by atoms with Crippen LogP contribution in [0.1, 0.15) is 72.1 Å². The van der Waals surface area contributed by atoms with Crippen LogP contribution in [0.15, 0.2) is 0 Å². The van der Waals surface area contributed by atoms with Gasteiger partial charge in [0.15, 0.2) is 5.41 Å². The highest BCUT2D eigenvalue weighted by atomic mass is 16.6. The van der Waals surface area contributed by atoms with Gasteiger partial charge in [0.05, 0.1) is 6.04 Å². The fourth-order valence-electron chi connectivity index (χ4n) is 5.85. The third-order valence-electron chi connectivity index (χ3n) is 7.84. The van der Waals surface area contributed by atoms with E-state index in [9.17, 15) is 14.4 Å². The largest absolute Gasteiger partial charge is 0.459 e. The Kier molecular flexibility index (Phi) is 4.51. The number of amides is 1. The van der Waals surface area contributed by atoms with Crippen LogP contribution in [0.2, 0.25) is 0 Å². The summed E-state index contributed by atoms with van der Waals surface area (Å²) in [4.78, 5) is 38.4. The SMILES string of the molecule is CCC(C)C(=O)NC1C2CC3C1OC(=O)C3(C(=O)OC1(CC)CCCC1)C2. The fraction of sp³-hybridized carbons (Fsp3) is 0.857. The zero-order chi connectivity index (χ0) is 19.4. The summed E-state index contributed by atoms with van der Waals surface area (Å²) in [6.07, 6.45) is 6.25. The van der Waals surface area contributed by atoms with Crippen molar-refractivity contribution in [3.05, 3.63) is 0 Å². The van der Waals surface area contributed by atoms with Crippen molar-refractivity contribution in [1.29, 1.82) is 0 Å². The summed E-state index contributed by atoms with van der Waals surface area (Å²) in [6.45, 7) is 5.93. The Bertz CT molecular complexity index is 655. The van der Waals surface area contributed by atoms with Gasteiger partial charge in [-0.05, 0) is 57.3 Å². The quantitative estimate of drug-likeness (QED) is 0.569. The molecule has 3 saturated carbocycles. The molecule has 1 saturated heterocycles. The van der Waals surface area contributed by atoms with E-state index in [1.807, 2.05) is 20.8 Å². The van der Waals surface area contributed by atoms with Crippen molar-refractivity contribution in [3.8, 4) is 0 Å². The van der Waals surface area contributed by atoms with Gasteiger partial charge in [-0.1, -0.05) is 20.8 Å². The number of nitrogens with one attached hydrogen (secondary N) is 1. The molecule has 150 valence electrons. The highest BCUT2D eigenvalue weighted by Crippen LogP contribution is 2.62. The molecule has 2 bridgehead atoms. The van der Waals surface area contributed by atoms with Crippen LogP contribution in [-0.2, 0) is 23.9 Å². The van der Waals surface area contributed by atoms with Crippen molar-refractivity contribution in [1.82, 2.24) is 5.32 Å². The van der Waals surface area contributed by atoms with E-state index in [0.717, 1.165) is 44.9 Å². The van der Waals surface area contributed by atoms with Crippen LogP contribution in [0, 0.1) is 23.2 Å². The zero-order valence-corrected chi connectivity index (χ0v) is 16.6. The lowest BCUT2D eigenvalue weighted by Crippen LogP contribution is -2.52. The molecule has 1 amide bonds. The molecule has 6 atom stereocenters. The van der Waals surface area contributed by atoms with E-state index >= 15 is 0 Å². The second-order valence-corrected chi connectivity index (χ2v) is 9.12. The summed E-state index contributed by atoms with van der Waals surface area (Å²) in [5.41, 5.74) is -1.55. The van der Waals surface area contributed by atoms with Crippen molar-refractivity contribution in [3.63, 3.8) is 0 Å². The van der Waals surface area contributed by atoms with Crippen LogP contribution in [0.4, 0.5) is 0 Å². The molecular formula is C21H31NO5. The van der Waals surface area contributed by atoms with Gasteiger partial charge in [-0.15, -0.1) is 0 Å². The average molecular weight is 377 g/mol. The number of carbonyl (C=O) groups excluding carboxylic acids is 3. The summed E-state index contributed by atoms with van der Waals surface area (Å²) in [5, 5.41) is 3.09. The highest BCUT2D eigenvalue weighted by Gasteiger charge is 2.75. The number of ether oxygens (including phenoxy) is 2. The second-order valence-electron chi connectivity index (χ2n) is 9.12. The molecule has 0 radical (unpaired) electrons. The predicted octanol–water partition coefficient (Wildman–Crippen LogP) is 2.73. The van der Waals surface area contributed by atoms with Crippen molar-refractivity contribution in [2.75, 3.05) is 0 Å². The lowest BCUT2D eigenvalue weighted by atomic mass is 9.72. The van der Waals surface area contributed by atoms with Crippen LogP contribution < -0.4 is 5.32 Å². The van der Waals surface area contributed by atoms with E-state index in [1.165, 1.54) is 0 Å². The van der Waals surface area contributed by atoms with Gasteiger partial charge in [-0.2, -0.15) is 0 Å². The molecule has 27 heavy (non-hydrogen) atoms. The van der Waals surface area contributed by atoms with Gasteiger partial charge >= 0.3 is 11.9 Å². The van der Waals surface area contributed by atoms with Gasteiger partial charge in [-0.3, -0.25) is 14.4 Å². The standard InChI is InChI=1S/C21H31NO5/c1-4-12(3)17(23)22-15-13-10-14-16(15)26-18(24)21(14,11-13)19(25)27-20(5-2)8-6-7-9-20/h12-16H,4-11H2,1-3H3,(H,22,23). The average Bonchev–Trinajstić information content (AvgIpc) is 3.38. The molecule has 0 aromatic carbocycles. The molecule has 0 spiro atoms. The molecule has 6 nitrogen and oxygen atoms in total. The minimum absolute atomic E-state index is 0.00191. The first-order valence-corrected chi connectivity index (χ1v) is 10.6. The first kappa shape index (κ1) is 18.8. The Hall–Kier alpha value is -1.59. The van der Waals surface area contributed by atoms with Crippen molar-refractivity contribution < 1.29 is 23.9 Å². The molecule has 4 fully saturated rings. The number of carbonyl (C=O) groups is 3. The van der Waals surface area contributed by atoms with Gasteiger partial charge in [-0.25, -0.2) is 0 Å². The first-order chi connectivity index (χ1) is 12.9. The van der Waals surface area contributed by atoms with Crippen molar-refractivity contribution in [2.45, 2.75) is 89.9 Å². The second kappa shape index (κ2) is 6.49. The monoisotopic (exact) mass is 377 g/mol. The van der Waals surface area contributed by atoms with Crippen LogP contribution >= 0.6 is 0 Å². The van der Waals surface area contributed by atoms with Crippen LogP contribution in [0.25, 0.3) is 0 Å². The maximum absolute atomic E-state index is 13.2. The Balaban J connectivity index is 1.51. The van der Waals surface area contributed by atoms with E-state index in [2.05, 4.69) is 5.32 Å². The van der Waals surface area contributed by atoms with Crippen LogP contribution in [0.3, 0.4) is 0 Å². The van der Waals surface area contributed by atoms with Gasteiger partial charge in [0, 0.05) is 11.8 Å². The molecule has 3 aliphatic carbocycles. The molecule has 4 rings (SSSR count). The van der Waals surface area contributed by atoms with Gasteiger partial charge in [0.1, 0.15) is 11.7 Å². The van der Waals surface area contributed by atoms with Crippen molar-refractivity contribution >= 4 is 17.8 Å². The third-order valence-corrected chi connectivity index (χ3v) is 7.84. The maximum atomic E-state index is 13.2. The normalized spacial score (nSPS) is 39.3. The Labute approximate surface area is 160 Å². The van der Waals surface area contributed by atoms with Gasteiger partial charge in [0.2, 0.25) is 5.91 Å². The van der Waals surface area contributed by atoms with E-state index in [4.69, 9.17) is 9.47 Å². The van der Waals surface area contributed by atoms with Gasteiger partial charge < -0.3 is 14.8 Å². The first-order valence-electron chi connectivity index (χ1n) is 10.6. The number of fused-ring (bicyclic) bond motifs is 1. The molecule has 0 aromatic heterocycles. The Morgan fingerprint density at radius 1 is 1.30 bits per heavy atom. The molecule has 1 heterocycles. The third kappa shape index (κ3) is 2.62. The molecule has 4 aliphatic rings. The lowest BCUT2D eigenvalue weighted by molar-refractivity contribution is -0.178. The zero-order valence-electron chi connectivity index (χ0n) is 16.6. The molecule has 0 aromatic rings. The lowest BCUT2D eigenvalue weighted by Gasteiger charge is -2.35. The number of hydrogen-bond donors (Lipinski definition) is 1. The van der Waals surface area contributed by atoms with E-state index < -0.39 is 23.1 Å². The molecule has 6 heteroatoms. The molecule has 1 N–H and O–H groups in total. The summed E-state index contributed by atoms with van der Waals surface area (Å²) in [5.74, 6) is -0.939. The summed E-state index contributed by atoms with van der Waals surface area (Å²) >= 11 is 0. The van der Waals surface area contributed by atoms with Gasteiger partial charge in [0.25, 0.3) is 0 Å². The van der Waals surface area contributed by atoms with Crippen molar-refractivity contribution in [2.24, 2.45) is 23.2 Å². The predicted molar refractivity (Wildman–Crippen MR) is 97.5 cm³/mol. The summed E-state index contributed by atoms with van der Waals surface area (Å²) < 4.78 is 11.7. The number of rotatable bonds is 6. The molecular weight excluding hydrogens is 346 g/mol. The number of hydrogen-bond acceptors (Lipinski definition) is 5. The van der Waals surface area contributed by atoms with Crippen LogP contribution in [0.5, 0.6) is 0 Å². The van der Waals surface area contributed by atoms with E-state index in [1.54, 1.807) is 0 Å². The van der Waals surface area contributed by atoms with E-state index in [0.29, 0.717) is 6.42 Å². The minimum Gasteiger partial charge on any atom is -0.459 e. The summed E-state index contributed by atoms with van der Waals surface area (Å²) in [6, 6.07) is -0.171. The number of esters is 2. The smallest absolute Gasteiger partial charge is 0.324 e. The molecule has 6 unspecified atom stereocenters. The minimum atomic E-state index is -1.14. The highest BCUT2D eigenvalue weighted by molar-refractivity contribution is 6.03. The Morgan fingerprint density at radius 2 is 2.00 bits per heavy atom. The molecule has 1 aliphatic heterocycles. The topological polar surface area (TPSA) is 81.7 Å².